The van der Waals surface area contributed by atoms with Gasteiger partial charge in [-0.15, -0.1) is 0 Å². The van der Waals surface area contributed by atoms with E-state index in [9.17, 15) is 4.79 Å². The Bertz CT molecular complexity index is 671. The van der Waals surface area contributed by atoms with E-state index in [2.05, 4.69) is 26.6 Å². The van der Waals surface area contributed by atoms with Crippen LogP contribution in [0.1, 0.15) is 11.1 Å². The minimum absolute atomic E-state index is 0.270. The Morgan fingerprint density at radius 3 is 2.10 bits per heavy atom. The predicted octanol–water partition coefficient (Wildman–Crippen LogP) is 4.72. The fourth-order valence-electron chi connectivity index (χ4n) is 1.95. The Morgan fingerprint density at radius 1 is 1.00 bits per heavy atom. The first-order valence-electron chi connectivity index (χ1n) is 6.48. The van der Waals surface area contributed by atoms with Crippen molar-refractivity contribution in [1.29, 1.82) is 0 Å². The molecule has 0 radical (unpaired) electrons. The number of aryl methyl sites for hydroxylation is 2. The number of nitrogens with one attached hydrogen (secondary N) is 2. The third-order valence-corrected chi connectivity index (χ3v) is 3.61. The first-order chi connectivity index (χ1) is 9.99. The van der Waals surface area contributed by atoms with Crippen LogP contribution in [0.3, 0.4) is 0 Å². The van der Waals surface area contributed by atoms with Crippen LogP contribution >= 0.6 is 15.9 Å². The standard InChI is InChI=1S/C16H17BrN2O2/c1-10-8-12(17)4-6-14(10)18-16(20)19-15-7-5-13(21-3)9-11(15)2/h4-9H,1-3H3,(H2,18,19,20). The summed E-state index contributed by atoms with van der Waals surface area (Å²) in [6.45, 7) is 3.86. The molecule has 0 aliphatic rings. The molecule has 0 heterocycles. The number of halogens is 1. The summed E-state index contributed by atoms with van der Waals surface area (Å²) in [5, 5.41) is 5.67. The van der Waals surface area contributed by atoms with E-state index in [4.69, 9.17) is 4.74 Å². The molecule has 2 N–H and O–H groups in total. The molecular weight excluding hydrogens is 332 g/mol. The third kappa shape index (κ3) is 3.98. The number of hydrogen-bond acceptors (Lipinski definition) is 2. The second-order valence-electron chi connectivity index (χ2n) is 4.72. The summed E-state index contributed by atoms with van der Waals surface area (Å²) in [6, 6.07) is 10.9. The first kappa shape index (κ1) is 15.4. The zero-order valence-corrected chi connectivity index (χ0v) is 13.7. The van der Waals surface area contributed by atoms with Crippen LogP contribution < -0.4 is 15.4 Å². The third-order valence-electron chi connectivity index (χ3n) is 3.12. The van der Waals surface area contributed by atoms with Gasteiger partial charge in [0.05, 0.1) is 7.11 Å². The summed E-state index contributed by atoms with van der Waals surface area (Å²) < 4.78 is 6.13. The lowest BCUT2D eigenvalue weighted by atomic mass is 10.2. The Labute approximate surface area is 132 Å². The van der Waals surface area contributed by atoms with E-state index in [1.165, 1.54) is 0 Å². The fourth-order valence-corrected chi connectivity index (χ4v) is 2.42. The number of carbonyl (C=O) groups excluding carboxylic acids is 1. The van der Waals surface area contributed by atoms with Crippen LogP contribution in [0.15, 0.2) is 40.9 Å². The van der Waals surface area contributed by atoms with Gasteiger partial charge in [-0.2, -0.15) is 0 Å². The van der Waals surface area contributed by atoms with Crippen molar-refractivity contribution >= 4 is 33.3 Å². The van der Waals surface area contributed by atoms with Crippen LogP contribution in [0.5, 0.6) is 5.75 Å². The number of rotatable bonds is 3. The quantitative estimate of drug-likeness (QED) is 0.843. The number of urea groups is 1. The molecule has 2 amide bonds. The molecule has 0 spiro atoms. The molecule has 0 unspecified atom stereocenters. The van der Waals surface area contributed by atoms with Crippen molar-refractivity contribution < 1.29 is 9.53 Å². The Kier molecular flexibility index (Phi) is 4.85. The monoisotopic (exact) mass is 348 g/mol. The molecule has 21 heavy (non-hydrogen) atoms. The number of benzene rings is 2. The Hall–Kier alpha value is -2.01. The van der Waals surface area contributed by atoms with Gasteiger partial charge < -0.3 is 15.4 Å². The molecule has 0 aliphatic carbocycles. The number of amides is 2. The number of ether oxygens (including phenoxy) is 1. The van der Waals surface area contributed by atoms with Gasteiger partial charge in [0, 0.05) is 15.8 Å². The van der Waals surface area contributed by atoms with Crippen LogP contribution in [-0.4, -0.2) is 13.1 Å². The molecule has 0 atom stereocenters. The van der Waals surface area contributed by atoms with E-state index in [1.54, 1.807) is 7.11 Å². The van der Waals surface area contributed by atoms with Gasteiger partial charge in [0.25, 0.3) is 0 Å². The van der Waals surface area contributed by atoms with Gasteiger partial charge >= 0.3 is 6.03 Å². The van der Waals surface area contributed by atoms with Crippen molar-refractivity contribution in [3.05, 3.63) is 52.0 Å². The molecule has 5 heteroatoms. The van der Waals surface area contributed by atoms with Crippen LogP contribution in [0.25, 0.3) is 0 Å². The summed E-state index contributed by atoms with van der Waals surface area (Å²) in [6.07, 6.45) is 0. The maximum Gasteiger partial charge on any atom is 0.323 e. The molecule has 0 fully saturated rings. The maximum absolute atomic E-state index is 12.1. The Balaban J connectivity index is 2.08. The van der Waals surface area contributed by atoms with E-state index < -0.39 is 0 Å². The van der Waals surface area contributed by atoms with Crippen molar-refractivity contribution in [2.75, 3.05) is 17.7 Å². The summed E-state index contributed by atoms with van der Waals surface area (Å²) in [5.74, 6) is 0.766. The Morgan fingerprint density at radius 2 is 1.57 bits per heavy atom. The molecule has 0 aromatic heterocycles. The van der Waals surface area contributed by atoms with Crippen LogP contribution in [-0.2, 0) is 0 Å². The minimum Gasteiger partial charge on any atom is -0.497 e. The normalized spacial score (nSPS) is 10.1. The van der Waals surface area contributed by atoms with Crippen molar-refractivity contribution in [1.82, 2.24) is 0 Å². The van der Waals surface area contributed by atoms with Gasteiger partial charge in [-0.1, -0.05) is 15.9 Å². The van der Waals surface area contributed by atoms with E-state index in [0.29, 0.717) is 0 Å². The van der Waals surface area contributed by atoms with Gasteiger partial charge in [-0.3, -0.25) is 0 Å². The highest BCUT2D eigenvalue weighted by atomic mass is 79.9. The van der Waals surface area contributed by atoms with Gasteiger partial charge in [-0.05, 0) is 61.4 Å². The smallest absolute Gasteiger partial charge is 0.323 e. The number of carbonyl (C=O) groups is 1. The molecule has 2 aromatic carbocycles. The highest BCUT2D eigenvalue weighted by Crippen LogP contribution is 2.23. The van der Waals surface area contributed by atoms with Crippen molar-refractivity contribution in [3.63, 3.8) is 0 Å². The second-order valence-corrected chi connectivity index (χ2v) is 5.63. The largest absolute Gasteiger partial charge is 0.497 e. The van der Waals surface area contributed by atoms with Gasteiger partial charge in [0.15, 0.2) is 0 Å². The molecule has 2 aromatic rings. The molecule has 0 saturated heterocycles. The molecule has 0 saturated carbocycles. The number of anilines is 2. The fraction of sp³-hybridized carbons (Fsp3) is 0.188. The van der Waals surface area contributed by atoms with Crippen LogP contribution in [0, 0.1) is 13.8 Å². The van der Waals surface area contributed by atoms with E-state index in [-0.39, 0.29) is 6.03 Å². The average molecular weight is 349 g/mol. The summed E-state index contributed by atoms with van der Waals surface area (Å²) in [5.41, 5.74) is 3.47. The lowest BCUT2D eigenvalue weighted by molar-refractivity contribution is 0.262. The van der Waals surface area contributed by atoms with Gasteiger partial charge in [-0.25, -0.2) is 4.79 Å². The zero-order chi connectivity index (χ0) is 15.4. The molecule has 0 aliphatic heterocycles. The lowest BCUT2D eigenvalue weighted by Gasteiger charge is -2.12. The summed E-state index contributed by atoms with van der Waals surface area (Å²) in [7, 11) is 1.62. The topological polar surface area (TPSA) is 50.4 Å². The zero-order valence-electron chi connectivity index (χ0n) is 12.2. The minimum atomic E-state index is -0.270. The highest BCUT2D eigenvalue weighted by Gasteiger charge is 2.07. The van der Waals surface area contributed by atoms with E-state index in [0.717, 1.165) is 32.7 Å². The maximum atomic E-state index is 12.1. The lowest BCUT2D eigenvalue weighted by Crippen LogP contribution is -2.20. The average Bonchev–Trinajstić information content (AvgIpc) is 2.44. The molecule has 110 valence electrons. The van der Waals surface area contributed by atoms with E-state index >= 15 is 0 Å². The van der Waals surface area contributed by atoms with Crippen molar-refractivity contribution in [2.45, 2.75) is 13.8 Å². The van der Waals surface area contributed by atoms with Crippen molar-refractivity contribution in [3.8, 4) is 5.75 Å². The van der Waals surface area contributed by atoms with E-state index in [1.807, 2.05) is 50.2 Å². The molecule has 4 nitrogen and oxygen atoms in total. The number of hydrogen-bond donors (Lipinski definition) is 2. The molecular formula is C16H17BrN2O2. The summed E-state index contributed by atoms with van der Waals surface area (Å²) >= 11 is 3.40. The van der Waals surface area contributed by atoms with Crippen LogP contribution in [0.2, 0.25) is 0 Å². The molecule has 2 rings (SSSR count). The first-order valence-corrected chi connectivity index (χ1v) is 7.27. The highest BCUT2D eigenvalue weighted by molar-refractivity contribution is 9.10. The van der Waals surface area contributed by atoms with Crippen LogP contribution in [0.4, 0.5) is 16.2 Å². The number of methoxy groups -OCH3 is 1. The SMILES string of the molecule is COc1ccc(NC(=O)Nc2ccc(Br)cc2C)c(C)c1. The molecule has 0 bridgehead atoms. The predicted molar refractivity (Wildman–Crippen MR) is 89.3 cm³/mol. The second kappa shape index (κ2) is 6.63. The van der Waals surface area contributed by atoms with Gasteiger partial charge in [0.1, 0.15) is 5.75 Å². The van der Waals surface area contributed by atoms with Crippen molar-refractivity contribution in [2.24, 2.45) is 0 Å². The van der Waals surface area contributed by atoms with Gasteiger partial charge in [0.2, 0.25) is 0 Å². The summed E-state index contributed by atoms with van der Waals surface area (Å²) in [4.78, 5) is 12.1.